The second kappa shape index (κ2) is 9.58. The van der Waals surface area contributed by atoms with Crippen LogP contribution in [-0.4, -0.2) is 27.7 Å². The van der Waals surface area contributed by atoms with E-state index in [-0.39, 0.29) is 9.79 Å². The van der Waals surface area contributed by atoms with E-state index in [1.807, 2.05) is 22.8 Å². The number of sulfonamides is 1. The molecule has 0 unspecified atom stereocenters. The number of benzene rings is 4. The highest BCUT2D eigenvalue weighted by atomic mass is 32.2. The Morgan fingerprint density at radius 3 is 2.03 bits per heavy atom. The number of nitrogens with zero attached hydrogens (tertiary/aromatic N) is 1. The molecule has 200 valence electrons. The van der Waals surface area contributed by atoms with E-state index in [1.165, 1.54) is 36.4 Å². The van der Waals surface area contributed by atoms with Crippen molar-refractivity contribution in [1.82, 2.24) is 4.57 Å². The van der Waals surface area contributed by atoms with Crippen LogP contribution in [0.1, 0.15) is 5.56 Å². The molecule has 0 aliphatic carbocycles. The highest BCUT2D eigenvalue weighted by Gasteiger charge is 2.30. The Morgan fingerprint density at radius 2 is 1.38 bits per heavy atom. The summed E-state index contributed by atoms with van der Waals surface area (Å²) < 4.78 is 92.5. The third-order valence-corrected chi connectivity index (χ3v) is 8.72. The Labute approximate surface area is 223 Å². The van der Waals surface area contributed by atoms with Crippen LogP contribution in [0.3, 0.4) is 0 Å². The molecule has 0 radical (unpaired) electrons. The normalized spacial score (nSPS) is 12.5. The number of rotatable bonds is 6. The van der Waals surface area contributed by atoms with Crippen LogP contribution in [0.25, 0.3) is 27.7 Å². The molecule has 11 heteroatoms. The first-order chi connectivity index (χ1) is 18.3. The van der Waals surface area contributed by atoms with Crippen LogP contribution < -0.4 is 4.72 Å². The van der Waals surface area contributed by atoms with Gasteiger partial charge >= 0.3 is 6.18 Å². The summed E-state index contributed by atoms with van der Waals surface area (Å²) >= 11 is 0. The molecule has 4 aromatic carbocycles. The summed E-state index contributed by atoms with van der Waals surface area (Å²) in [5, 5.41) is 0.814. The molecule has 39 heavy (non-hydrogen) atoms. The van der Waals surface area contributed by atoms with Gasteiger partial charge in [-0.3, -0.25) is 4.72 Å². The summed E-state index contributed by atoms with van der Waals surface area (Å²) in [4.78, 5) is -0.0773. The van der Waals surface area contributed by atoms with Gasteiger partial charge in [0.05, 0.1) is 26.6 Å². The highest BCUT2D eigenvalue weighted by Crippen LogP contribution is 2.34. The molecule has 0 spiro atoms. The number of alkyl halides is 3. The van der Waals surface area contributed by atoms with Crippen LogP contribution in [-0.2, 0) is 26.0 Å². The predicted molar refractivity (Wildman–Crippen MR) is 144 cm³/mol. The van der Waals surface area contributed by atoms with Gasteiger partial charge in [-0.15, -0.1) is 0 Å². The van der Waals surface area contributed by atoms with Gasteiger partial charge in [0.25, 0.3) is 10.0 Å². The van der Waals surface area contributed by atoms with Crippen molar-refractivity contribution in [3.63, 3.8) is 0 Å². The lowest BCUT2D eigenvalue weighted by molar-refractivity contribution is -0.137. The molecule has 0 aliphatic rings. The zero-order chi connectivity index (χ0) is 28.0. The number of hydrogen-bond acceptors (Lipinski definition) is 4. The maximum absolute atomic E-state index is 13.0. The molecule has 1 heterocycles. The van der Waals surface area contributed by atoms with Gasteiger partial charge in [0.1, 0.15) is 0 Å². The van der Waals surface area contributed by atoms with Gasteiger partial charge in [0.15, 0.2) is 9.84 Å². The van der Waals surface area contributed by atoms with Gasteiger partial charge in [-0.1, -0.05) is 30.3 Å². The molecule has 0 bridgehead atoms. The topological polar surface area (TPSA) is 85.2 Å². The first-order valence-electron chi connectivity index (χ1n) is 11.5. The highest BCUT2D eigenvalue weighted by molar-refractivity contribution is 7.92. The lowest BCUT2D eigenvalue weighted by Crippen LogP contribution is -2.13. The van der Waals surface area contributed by atoms with Crippen molar-refractivity contribution in [3.8, 4) is 16.8 Å². The molecule has 0 amide bonds. The number of anilines is 1. The molecule has 0 saturated carbocycles. The maximum atomic E-state index is 13.0. The van der Waals surface area contributed by atoms with Crippen LogP contribution in [0.2, 0.25) is 0 Å². The van der Waals surface area contributed by atoms with Gasteiger partial charge in [-0.2, -0.15) is 13.2 Å². The Bertz CT molecular complexity index is 1900. The number of halogens is 3. The second-order valence-electron chi connectivity index (χ2n) is 8.90. The Kier molecular flexibility index (Phi) is 6.51. The van der Waals surface area contributed by atoms with E-state index in [0.29, 0.717) is 16.9 Å². The van der Waals surface area contributed by atoms with Crippen LogP contribution in [0.5, 0.6) is 0 Å². The van der Waals surface area contributed by atoms with E-state index in [2.05, 4.69) is 4.72 Å². The van der Waals surface area contributed by atoms with Crippen LogP contribution >= 0.6 is 0 Å². The van der Waals surface area contributed by atoms with E-state index in [9.17, 15) is 30.0 Å². The molecular weight excluding hydrogens is 549 g/mol. The molecule has 0 saturated heterocycles. The summed E-state index contributed by atoms with van der Waals surface area (Å²) in [6.07, 6.45) is -1.58. The minimum atomic E-state index is -4.42. The summed E-state index contributed by atoms with van der Waals surface area (Å²) in [7, 11) is -7.46. The molecule has 0 fully saturated rings. The van der Waals surface area contributed by atoms with Crippen molar-refractivity contribution < 1.29 is 30.0 Å². The van der Waals surface area contributed by atoms with Crippen LogP contribution in [0, 0.1) is 0 Å². The summed E-state index contributed by atoms with van der Waals surface area (Å²) in [5.41, 5.74) is 2.40. The van der Waals surface area contributed by atoms with Crippen molar-refractivity contribution in [2.75, 3.05) is 11.0 Å². The number of aromatic nitrogens is 1. The minimum absolute atomic E-state index is 0.0126. The lowest BCUT2D eigenvalue weighted by atomic mass is 10.0. The third kappa shape index (κ3) is 5.41. The Morgan fingerprint density at radius 1 is 0.744 bits per heavy atom. The van der Waals surface area contributed by atoms with Crippen molar-refractivity contribution >= 4 is 36.5 Å². The quantitative estimate of drug-likeness (QED) is 0.252. The van der Waals surface area contributed by atoms with Crippen LogP contribution in [0.15, 0.2) is 113 Å². The Balaban J connectivity index is 1.46. The average Bonchev–Trinajstić information content (AvgIpc) is 3.32. The largest absolute Gasteiger partial charge is 0.416 e. The first-order valence-corrected chi connectivity index (χ1v) is 14.9. The van der Waals surface area contributed by atoms with Gasteiger partial charge in [-0.05, 0) is 77.9 Å². The van der Waals surface area contributed by atoms with E-state index in [4.69, 9.17) is 0 Å². The number of nitrogens with one attached hydrogen (secondary N) is 1. The van der Waals surface area contributed by atoms with Gasteiger partial charge < -0.3 is 4.57 Å². The summed E-state index contributed by atoms with van der Waals surface area (Å²) in [6, 6.07) is 24.0. The zero-order valence-corrected chi connectivity index (χ0v) is 22.0. The Hall–Kier alpha value is -4.09. The summed E-state index contributed by atoms with van der Waals surface area (Å²) in [6.45, 7) is 0. The van der Waals surface area contributed by atoms with Crippen molar-refractivity contribution in [3.05, 3.63) is 109 Å². The van der Waals surface area contributed by atoms with E-state index in [1.54, 1.807) is 36.5 Å². The fourth-order valence-corrected chi connectivity index (χ4v) is 5.96. The molecule has 1 aromatic heterocycles. The van der Waals surface area contributed by atoms with Gasteiger partial charge in [0, 0.05) is 23.5 Å². The number of fused-ring (bicyclic) bond motifs is 1. The molecule has 5 rings (SSSR count). The molecule has 0 atom stereocenters. The van der Waals surface area contributed by atoms with Gasteiger partial charge in [0.2, 0.25) is 0 Å². The van der Waals surface area contributed by atoms with Gasteiger partial charge in [-0.25, -0.2) is 16.8 Å². The predicted octanol–water partition coefficient (Wildman–Crippen LogP) is 6.52. The fourth-order valence-electron chi connectivity index (χ4n) is 4.28. The smallest absolute Gasteiger partial charge is 0.316 e. The van der Waals surface area contributed by atoms with Crippen LogP contribution in [0.4, 0.5) is 18.9 Å². The monoisotopic (exact) mass is 570 g/mol. The number of sulfone groups is 1. The SMILES string of the molecule is CS(=O)(=O)c1ccc(S(=O)(=O)Nc2cccc(-n3ccc4c(-c5ccc(C(F)(F)F)cc5)cccc43)c2)cc1. The molecular formula is C28H21F3N2O4S2. The molecule has 0 aliphatic heterocycles. The molecule has 6 nitrogen and oxygen atoms in total. The number of hydrogen-bond donors (Lipinski definition) is 1. The maximum Gasteiger partial charge on any atom is 0.416 e. The standard InChI is InChI=1S/C28H21F3N2O4S2/c1-38(34,35)23-12-14-24(15-13-23)39(36,37)32-21-4-2-5-22(18-21)33-17-16-26-25(6-3-7-27(26)33)19-8-10-20(11-9-19)28(29,30)31/h2-18,32H,1H3. The molecule has 5 aromatic rings. The van der Waals surface area contributed by atoms with E-state index < -0.39 is 31.6 Å². The lowest BCUT2D eigenvalue weighted by Gasteiger charge is -2.12. The second-order valence-corrected chi connectivity index (χ2v) is 12.6. The molecule has 1 N–H and O–H groups in total. The first kappa shape index (κ1) is 26.5. The van der Waals surface area contributed by atoms with Crippen molar-refractivity contribution in [2.24, 2.45) is 0 Å². The van der Waals surface area contributed by atoms with E-state index in [0.717, 1.165) is 34.9 Å². The third-order valence-electron chi connectivity index (χ3n) is 6.19. The average molecular weight is 571 g/mol. The van der Waals surface area contributed by atoms with E-state index >= 15 is 0 Å². The fraction of sp³-hybridized carbons (Fsp3) is 0.0714. The van der Waals surface area contributed by atoms with Crippen molar-refractivity contribution in [2.45, 2.75) is 16.0 Å². The van der Waals surface area contributed by atoms with Crippen molar-refractivity contribution in [1.29, 1.82) is 0 Å². The zero-order valence-electron chi connectivity index (χ0n) is 20.3. The summed E-state index contributed by atoms with van der Waals surface area (Å²) in [5.74, 6) is 0. The minimum Gasteiger partial charge on any atom is -0.316 e.